The second kappa shape index (κ2) is 3.42. The van der Waals surface area contributed by atoms with Crippen LogP contribution in [0.2, 0.25) is 0 Å². The van der Waals surface area contributed by atoms with Crippen molar-refractivity contribution in [2.24, 2.45) is 5.73 Å². The highest BCUT2D eigenvalue weighted by Crippen LogP contribution is 2.17. The minimum absolute atomic E-state index is 0.208. The van der Waals surface area contributed by atoms with E-state index in [9.17, 15) is 0 Å². The Morgan fingerprint density at radius 2 is 2.29 bits per heavy atom. The van der Waals surface area contributed by atoms with E-state index in [1.54, 1.807) is 0 Å². The zero-order chi connectivity index (χ0) is 10.1. The summed E-state index contributed by atoms with van der Waals surface area (Å²) in [7, 11) is 0. The molecule has 74 valence electrons. The van der Waals surface area contributed by atoms with Gasteiger partial charge in [-0.25, -0.2) is 0 Å². The summed E-state index contributed by atoms with van der Waals surface area (Å²) in [5.74, 6) is 0. The predicted octanol–water partition coefficient (Wildman–Crippen LogP) is 1.76. The first-order chi connectivity index (χ1) is 6.66. The molecule has 0 saturated heterocycles. The summed E-state index contributed by atoms with van der Waals surface area (Å²) in [6.07, 6.45) is 0.917. The normalized spacial score (nSPS) is 13.4. The van der Waals surface area contributed by atoms with E-state index in [0.29, 0.717) is 0 Å². The van der Waals surface area contributed by atoms with E-state index in [0.717, 1.165) is 17.6 Å². The number of benzene rings is 1. The molecule has 1 aromatic heterocycles. The van der Waals surface area contributed by atoms with Crippen LogP contribution in [0.5, 0.6) is 0 Å². The molecule has 14 heavy (non-hydrogen) atoms. The summed E-state index contributed by atoms with van der Waals surface area (Å²) >= 11 is 0. The summed E-state index contributed by atoms with van der Waals surface area (Å²) in [4.78, 5) is 0. The zero-order valence-corrected chi connectivity index (χ0v) is 8.54. The molecular formula is C11H15N3. The fraction of sp³-hybridized carbons (Fsp3) is 0.364. The van der Waals surface area contributed by atoms with Crippen molar-refractivity contribution < 1.29 is 0 Å². The summed E-state index contributed by atoms with van der Waals surface area (Å²) < 4.78 is 0. The molecule has 0 saturated carbocycles. The van der Waals surface area contributed by atoms with Gasteiger partial charge >= 0.3 is 0 Å². The molecular weight excluding hydrogens is 174 g/mol. The van der Waals surface area contributed by atoms with Gasteiger partial charge in [0.2, 0.25) is 0 Å². The molecule has 1 atom stereocenters. The van der Waals surface area contributed by atoms with Gasteiger partial charge in [-0.2, -0.15) is 5.10 Å². The first kappa shape index (κ1) is 9.21. The maximum absolute atomic E-state index is 5.76. The topological polar surface area (TPSA) is 54.7 Å². The van der Waals surface area contributed by atoms with Crippen LogP contribution in [0, 0.1) is 6.92 Å². The molecule has 0 aliphatic carbocycles. The first-order valence-corrected chi connectivity index (χ1v) is 4.86. The number of aromatic amines is 1. The summed E-state index contributed by atoms with van der Waals surface area (Å²) in [6.45, 7) is 4.05. The van der Waals surface area contributed by atoms with Crippen molar-refractivity contribution in [3.63, 3.8) is 0 Å². The maximum Gasteiger partial charge on any atom is 0.0923 e. The van der Waals surface area contributed by atoms with E-state index < -0.39 is 0 Å². The first-order valence-electron chi connectivity index (χ1n) is 4.86. The summed E-state index contributed by atoms with van der Waals surface area (Å²) in [5, 5.41) is 8.36. The highest BCUT2D eigenvalue weighted by molar-refractivity contribution is 5.81. The molecule has 2 rings (SSSR count). The highest BCUT2D eigenvalue weighted by atomic mass is 15.1. The van der Waals surface area contributed by atoms with Gasteiger partial charge in [-0.15, -0.1) is 0 Å². The second-order valence-corrected chi connectivity index (χ2v) is 3.88. The van der Waals surface area contributed by atoms with Crippen LogP contribution in [0.1, 0.15) is 18.2 Å². The minimum atomic E-state index is 0.208. The fourth-order valence-corrected chi connectivity index (χ4v) is 1.68. The number of hydrogen-bond acceptors (Lipinski definition) is 2. The lowest BCUT2D eigenvalue weighted by molar-refractivity contribution is 0.739. The van der Waals surface area contributed by atoms with Crippen molar-refractivity contribution in [1.29, 1.82) is 0 Å². The average Bonchev–Trinajstić information content (AvgIpc) is 2.47. The van der Waals surface area contributed by atoms with Crippen molar-refractivity contribution >= 4 is 10.9 Å². The van der Waals surface area contributed by atoms with Crippen LogP contribution in [-0.4, -0.2) is 16.2 Å². The molecule has 0 radical (unpaired) electrons. The van der Waals surface area contributed by atoms with Crippen LogP contribution in [0.15, 0.2) is 18.2 Å². The molecule has 0 aliphatic rings. The maximum atomic E-state index is 5.76. The SMILES string of the molecule is Cc1[nH]nc2ccc(CC(C)N)cc12. The van der Waals surface area contributed by atoms with Gasteiger partial charge in [0.1, 0.15) is 0 Å². The third-order valence-electron chi connectivity index (χ3n) is 2.37. The molecule has 3 N–H and O–H groups in total. The smallest absolute Gasteiger partial charge is 0.0923 e. The van der Waals surface area contributed by atoms with Gasteiger partial charge in [0.05, 0.1) is 5.52 Å². The number of aromatic nitrogens is 2. The van der Waals surface area contributed by atoms with Crippen LogP contribution in [0.4, 0.5) is 0 Å². The molecule has 3 nitrogen and oxygen atoms in total. The number of nitrogens with two attached hydrogens (primary N) is 1. The molecule has 2 aromatic rings. The van der Waals surface area contributed by atoms with Crippen LogP contribution in [0.25, 0.3) is 10.9 Å². The average molecular weight is 189 g/mol. The summed E-state index contributed by atoms with van der Waals surface area (Å²) in [5.41, 5.74) is 9.17. The van der Waals surface area contributed by atoms with Gasteiger partial charge in [0, 0.05) is 17.1 Å². The van der Waals surface area contributed by atoms with Gasteiger partial charge in [-0.1, -0.05) is 6.07 Å². The molecule has 0 fully saturated rings. The van der Waals surface area contributed by atoms with Crippen molar-refractivity contribution in [1.82, 2.24) is 10.2 Å². The molecule has 0 amide bonds. The summed E-state index contributed by atoms with van der Waals surface area (Å²) in [6, 6.07) is 6.50. The Morgan fingerprint density at radius 3 is 3.00 bits per heavy atom. The number of fused-ring (bicyclic) bond motifs is 1. The Morgan fingerprint density at radius 1 is 1.50 bits per heavy atom. The van der Waals surface area contributed by atoms with Crippen LogP contribution < -0.4 is 5.73 Å². The third kappa shape index (κ3) is 1.63. The monoisotopic (exact) mass is 189 g/mol. The van der Waals surface area contributed by atoms with Crippen molar-refractivity contribution in [2.75, 3.05) is 0 Å². The van der Waals surface area contributed by atoms with Gasteiger partial charge in [0.25, 0.3) is 0 Å². The number of rotatable bonds is 2. The lowest BCUT2D eigenvalue weighted by atomic mass is 10.1. The van der Waals surface area contributed by atoms with Gasteiger partial charge in [-0.3, -0.25) is 5.10 Å². The number of aryl methyl sites for hydroxylation is 1. The highest BCUT2D eigenvalue weighted by Gasteiger charge is 2.03. The Kier molecular flexibility index (Phi) is 2.25. The number of nitrogens with zero attached hydrogens (tertiary/aromatic N) is 1. The number of nitrogens with one attached hydrogen (secondary N) is 1. The van der Waals surface area contributed by atoms with E-state index in [-0.39, 0.29) is 6.04 Å². The van der Waals surface area contributed by atoms with E-state index in [2.05, 4.69) is 22.3 Å². The minimum Gasteiger partial charge on any atom is -0.328 e. The largest absolute Gasteiger partial charge is 0.328 e. The molecule has 1 unspecified atom stereocenters. The third-order valence-corrected chi connectivity index (χ3v) is 2.37. The Hall–Kier alpha value is -1.35. The van der Waals surface area contributed by atoms with Crippen molar-refractivity contribution in [3.8, 4) is 0 Å². The van der Waals surface area contributed by atoms with Crippen LogP contribution in [0.3, 0.4) is 0 Å². The quantitative estimate of drug-likeness (QED) is 0.756. The predicted molar refractivity (Wildman–Crippen MR) is 58.2 cm³/mol. The van der Waals surface area contributed by atoms with Gasteiger partial charge in [0.15, 0.2) is 0 Å². The Balaban J connectivity index is 2.44. The Labute approximate surface area is 83.3 Å². The van der Waals surface area contributed by atoms with Gasteiger partial charge < -0.3 is 5.73 Å². The standard InChI is InChI=1S/C11H15N3/c1-7(12)5-9-3-4-11-10(6-9)8(2)13-14-11/h3-4,6-7H,5,12H2,1-2H3,(H,13,14). The van der Waals surface area contributed by atoms with E-state index in [1.165, 1.54) is 10.9 Å². The van der Waals surface area contributed by atoms with Crippen LogP contribution in [-0.2, 0) is 6.42 Å². The number of H-pyrrole nitrogens is 1. The van der Waals surface area contributed by atoms with Crippen LogP contribution >= 0.6 is 0 Å². The molecule has 1 heterocycles. The molecule has 0 bridgehead atoms. The van der Waals surface area contributed by atoms with Crippen molar-refractivity contribution in [3.05, 3.63) is 29.5 Å². The van der Waals surface area contributed by atoms with Gasteiger partial charge in [-0.05, 0) is 38.0 Å². The number of hydrogen-bond donors (Lipinski definition) is 2. The molecule has 3 heteroatoms. The van der Waals surface area contributed by atoms with E-state index in [1.807, 2.05) is 19.9 Å². The molecule has 0 aliphatic heterocycles. The fourth-order valence-electron chi connectivity index (χ4n) is 1.68. The Bertz CT molecular complexity index is 443. The van der Waals surface area contributed by atoms with E-state index in [4.69, 9.17) is 5.73 Å². The second-order valence-electron chi connectivity index (χ2n) is 3.88. The van der Waals surface area contributed by atoms with E-state index >= 15 is 0 Å². The molecule has 1 aromatic carbocycles. The lowest BCUT2D eigenvalue weighted by Gasteiger charge is -2.04. The zero-order valence-electron chi connectivity index (χ0n) is 8.54. The molecule has 0 spiro atoms. The van der Waals surface area contributed by atoms with Crippen molar-refractivity contribution in [2.45, 2.75) is 26.3 Å². The lowest BCUT2D eigenvalue weighted by Crippen LogP contribution is -2.17.